The Balaban J connectivity index is 0.000000765. The lowest BCUT2D eigenvalue weighted by atomic mass is 10.2. The first-order valence-electron chi connectivity index (χ1n) is 9.36. The van der Waals surface area contributed by atoms with Gasteiger partial charge >= 0.3 is 0 Å². The fraction of sp³-hybridized carbons (Fsp3) is 0.600. The van der Waals surface area contributed by atoms with Gasteiger partial charge in [0, 0.05) is 6.07 Å². The average Bonchev–Trinajstić information content (AvgIpc) is 2.93. The van der Waals surface area contributed by atoms with Gasteiger partial charge in [-0.15, -0.1) is 0 Å². The van der Waals surface area contributed by atoms with E-state index in [0.29, 0.717) is 12.1 Å². The number of hydrogen-bond acceptors (Lipinski definition) is 3. The van der Waals surface area contributed by atoms with Crippen molar-refractivity contribution in [3.05, 3.63) is 24.5 Å². The highest BCUT2D eigenvalue weighted by Gasteiger charge is 2.20. The van der Waals surface area contributed by atoms with Gasteiger partial charge < -0.3 is 19.7 Å². The minimum Gasteiger partial charge on any atom is -0.565 e. The minimum absolute atomic E-state index is 0.447. The molecule has 0 fully saturated rings. The monoisotopic (exact) mass is 364 g/mol. The molecule has 0 atom stereocenters. The van der Waals surface area contributed by atoms with Crippen molar-refractivity contribution in [2.45, 2.75) is 72.4 Å². The highest BCUT2D eigenvalue weighted by atomic mass is 16.6. The summed E-state index contributed by atoms with van der Waals surface area (Å²) in [6, 6.07) is 7.39. The van der Waals surface area contributed by atoms with Gasteiger partial charge in [0.15, 0.2) is 11.0 Å². The van der Waals surface area contributed by atoms with Crippen LogP contribution in [0.25, 0.3) is 11.0 Å². The molecule has 146 valence electrons. The van der Waals surface area contributed by atoms with Crippen molar-refractivity contribution in [2.24, 2.45) is 0 Å². The van der Waals surface area contributed by atoms with Gasteiger partial charge in [-0.1, -0.05) is 26.2 Å². The van der Waals surface area contributed by atoms with Gasteiger partial charge in [-0.3, -0.25) is 0 Å². The molecule has 0 radical (unpaired) electrons. The van der Waals surface area contributed by atoms with Crippen LogP contribution in [0, 0.1) is 0 Å². The molecule has 0 aliphatic carbocycles. The first-order chi connectivity index (χ1) is 12.3. The van der Waals surface area contributed by atoms with E-state index in [0.717, 1.165) is 18.8 Å². The van der Waals surface area contributed by atoms with Gasteiger partial charge in [0.25, 0.3) is 0 Å². The van der Waals surface area contributed by atoms with Crippen molar-refractivity contribution in [1.29, 1.82) is 0 Å². The van der Waals surface area contributed by atoms with E-state index in [-0.39, 0.29) is 0 Å². The number of aromatic nitrogens is 2. The molecule has 1 N–H and O–H groups in total. The summed E-state index contributed by atoms with van der Waals surface area (Å²) in [7, 11) is 0. The van der Waals surface area contributed by atoms with Crippen LogP contribution in [0.1, 0.15) is 72.4 Å². The lowest BCUT2D eigenvalue weighted by molar-refractivity contribution is -0.692. The molecule has 26 heavy (non-hydrogen) atoms. The molecule has 1 aromatic heterocycles. The van der Waals surface area contributed by atoms with Crippen LogP contribution < -0.4 is 14.4 Å². The Morgan fingerprint density at radius 3 is 2.42 bits per heavy atom. The van der Waals surface area contributed by atoms with Crippen molar-refractivity contribution in [1.82, 2.24) is 4.57 Å². The van der Waals surface area contributed by atoms with Gasteiger partial charge in [0.05, 0.1) is 18.7 Å². The van der Waals surface area contributed by atoms with E-state index in [1.165, 1.54) is 30.3 Å². The maximum absolute atomic E-state index is 8.44. The Morgan fingerprint density at radius 1 is 1.23 bits per heavy atom. The molecular weight excluding hydrogens is 332 g/mol. The number of rotatable bonds is 8. The predicted octanol–water partition coefficient (Wildman–Crippen LogP) is 3.94. The van der Waals surface area contributed by atoms with Crippen LogP contribution in [0.4, 0.5) is 4.79 Å². The summed E-state index contributed by atoms with van der Waals surface area (Å²) in [6.45, 7) is 12.0. The molecule has 0 saturated heterocycles. The van der Waals surface area contributed by atoms with Gasteiger partial charge in [-0.25, -0.2) is 9.13 Å². The second-order valence-electron chi connectivity index (χ2n) is 6.94. The first kappa shape index (κ1) is 21.8. The number of ether oxygens (including phenoxy) is 1. The van der Waals surface area contributed by atoms with Crippen LogP contribution in [-0.2, 0) is 0 Å². The smallest absolute Gasteiger partial charge is 0.249 e. The molecule has 1 heterocycles. The van der Waals surface area contributed by atoms with Crippen molar-refractivity contribution in [3.8, 4) is 5.75 Å². The van der Waals surface area contributed by atoms with E-state index in [9.17, 15) is 0 Å². The molecule has 1 aromatic carbocycles. The Morgan fingerprint density at radius 2 is 1.88 bits per heavy atom. The fourth-order valence-corrected chi connectivity index (χ4v) is 2.82. The predicted molar refractivity (Wildman–Crippen MR) is 101 cm³/mol. The van der Waals surface area contributed by atoms with E-state index >= 15 is 0 Å². The number of hydrogen-bond donors (Lipinski definition) is 1. The van der Waals surface area contributed by atoms with E-state index in [1.54, 1.807) is 0 Å². The Bertz CT molecular complexity index is 688. The van der Waals surface area contributed by atoms with Gasteiger partial charge in [0.2, 0.25) is 12.5 Å². The molecule has 6 nitrogen and oxygen atoms in total. The largest absolute Gasteiger partial charge is 0.565 e. The van der Waals surface area contributed by atoms with Crippen LogP contribution >= 0.6 is 0 Å². The molecule has 0 amide bonds. The summed E-state index contributed by atoms with van der Waals surface area (Å²) >= 11 is 0. The number of carboxylic acid groups (broad SMARTS) is 2. The highest BCUT2D eigenvalue weighted by Crippen LogP contribution is 2.23. The summed E-state index contributed by atoms with van der Waals surface area (Å²) in [5.41, 5.74) is 2.54. The van der Waals surface area contributed by atoms with Gasteiger partial charge in [-0.05, 0) is 46.2 Å². The van der Waals surface area contributed by atoms with Crippen molar-refractivity contribution in [3.63, 3.8) is 0 Å². The quantitative estimate of drug-likeness (QED) is 0.568. The van der Waals surface area contributed by atoms with E-state index in [1.807, 2.05) is 0 Å². The van der Waals surface area contributed by atoms with Gasteiger partial charge in [0.1, 0.15) is 5.75 Å². The molecule has 0 spiro atoms. The number of benzene rings is 1. The summed E-state index contributed by atoms with van der Waals surface area (Å²) < 4.78 is 10.6. The summed E-state index contributed by atoms with van der Waals surface area (Å²) in [4.78, 5) is 8.44. The summed E-state index contributed by atoms with van der Waals surface area (Å²) in [5, 5.41) is 15.3. The third-order valence-corrected chi connectivity index (χ3v) is 4.13. The maximum Gasteiger partial charge on any atom is 0.249 e. The normalized spacial score (nSPS) is 10.9. The summed E-state index contributed by atoms with van der Waals surface area (Å²) in [6.07, 6.45) is 5.11. The van der Waals surface area contributed by atoms with Crippen LogP contribution in [-0.4, -0.2) is 22.4 Å². The lowest BCUT2D eigenvalue weighted by Crippen LogP contribution is -2.34. The first-order valence-corrected chi connectivity index (χ1v) is 9.36. The van der Waals surface area contributed by atoms with Crippen LogP contribution in [0.2, 0.25) is 0 Å². The van der Waals surface area contributed by atoms with Crippen LogP contribution in [0.3, 0.4) is 0 Å². The Kier molecular flexibility index (Phi) is 8.96. The zero-order valence-corrected chi connectivity index (χ0v) is 16.6. The van der Waals surface area contributed by atoms with Crippen LogP contribution in [0.5, 0.6) is 5.75 Å². The van der Waals surface area contributed by atoms with E-state index < -0.39 is 6.16 Å². The summed E-state index contributed by atoms with van der Waals surface area (Å²) in [5.74, 6) is 0.986. The molecule has 0 bridgehead atoms. The fourth-order valence-electron chi connectivity index (χ4n) is 2.82. The van der Waals surface area contributed by atoms with Crippen molar-refractivity contribution < 1.29 is 24.3 Å². The lowest BCUT2D eigenvalue weighted by Gasteiger charge is -2.06. The van der Waals surface area contributed by atoms with Crippen molar-refractivity contribution >= 4 is 17.2 Å². The average molecular weight is 364 g/mol. The number of fused-ring (bicyclic) bond motifs is 1. The number of nitrogens with zero attached hydrogens (tertiary/aromatic N) is 2. The molecule has 2 aromatic rings. The SMILES string of the molecule is CCCCCCOc1ccc2c(c1)n(C(C)C)c[n+]2C(C)C.O=C([O-])O. The topological polar surface area (TPSA) is 78.4 Å². The van der Waals surface area contributed by atoms with Gasteiger partial charge in [-0.2, -0.15) is 0 Å². The Hall–Kier alpha value is -2.24. The third-order valence-electron chi connectivity index (χ3n) is 4.13. The molecule has 0 unspecified atom stereocenters. The van der Waals surface area contributed by atoms with Crippen LogP contribution in [0.15, 0.2) is 24.5 Å². The Labute approximate surface area is 156 Å². The molecular formula is C20H32N2O4. The van der Waals surface area contributed by atoms with E-state index in [4.69, 9.17) is 19.7 Å². The second-order valence-corrected chi connectivity index (χ2v) is 6.94. The molecule has 6 heteroatoms. The molecule has 0 saturated carbocycles. The molecule has 2 rings (SSSR count). The second kappa shape index (κ2) is 10.7. The zero-order chi connectivity index (χ0) is 19.7. The zero-order valence-electron chi connectivity index (χ0n) is 16.6. The maximum atomic E-state index is 8.44. The number of imidazole rings is 1. The van der Waals surface area contributed by atoms with Crippen molar-refractivity contribution in [2.75, 3.05) is 6.61 Å². The standard InChI is InChI=1S/C19H31N2O.CH2O3/c1-6-7-8-9-12-22-17-10-11-18-19(13-17)21(16(4)5)14-20(18)15(2)3;2-1(3)4/h10-11,13-16H,6-9,12H2,1-5H3;(H2,2,3,4)/q+1;/p-1. The molecule has 0 aliphatic heterocycles. The minimum atomic E-state index is -2.08. The number of carbonyl (C=O) groups is 1. The molecule has 0 aliphatic rings. The third kappa shape index (κ3) is 6.58. The number of unbranched alkanes of at least 4 members (excludes halogenated alkanes) is 3. The van der Waals surface area contributed by atoms with E-state index in [2.05, 4.69) is 68.3 Å². The highest BCUT2D eigenvalue weighted by molar-refractivity contribution is 5.74.